The summed E-state index contributed by atoms with van der Waals surface area (Å²) in [5.74, 6) is 13.8. The summed E-state index contributed by atoms with van der Waals surface area (Å²) in [7, 11) is 0. The second kappa shape index (κ2) is 15.5. The summed E-state index contributed by atoms with van der Waals surface area (Å²) in [6.45, 7) is 5.96. The second-order valence-corrected chi connectivity index (χ2v) is 36.3. The molecule has 0 atom stereocenters. The number of fused-ring (bicyclic) bond motifs is 3. The molecule has 3 heterocycles. The van der Waals surface area contributed by atoms with Crippen molar-refractivity contribution < 1.29 is 25.9 Å². The molecule has 0 aliphatic rings. The van der Waals surface area contributed by atoms with Crippen LogP contribution in [0.5, 0.6) is 0 Å². The molecule has 3 aromatic heterocycles. The molecule has 4 aromatic carbocycles. The molecular formula is C44H46Ge2IrN2O-2. The van der Waals surface area contributed by atoms with E-state index < -0.39 is 32.4 Å². The molecular weight excluding hydrogens is 910 g/mol. The van der Waals surface area contributed by atoms with Crippen molar-refractivity contribution in [2.24, 2.45) is 0 Å². The van der Waals surface area contributed by atoms with Gasteiger partial charge in [-0.05, 0) is 12.0 Å². The zero-order valence-electron chi connectivity index (χ0n) is 31.5. The molecule has 0 saturated heterocycles. The molecule has 0 unspecified atom stereocenters. The minimum Gasteiger partial charge on any atom is 0 e. The molecule has 0 saturated carbocycles. The first-order chi connectivity index (χ1) is 23.6. The van der Waals surface area contributed by atoms with E-state index in [1.54, 1.807) is 6.20 Å². The van der Waals surface area contributed by atoms with Gasteiger partial charge in [-0.25, -0.2) is 0 Å². The summed E-state index contributed by atoms with van der Waals surface area (Å²) in [6, 6.07) is 40.1. The molecule has 0 amide bonds. The Labute approximate surface area is 318 Å². The van der Waals surface area contributed by atoms with Gasteiger partial charge in [-0.1, -0.05) is 19.4 Å². The summed E-state index contributed by atoms with van der Waals surface area (Å²) in [5, 5.41) is 2.14. The smallest absolute Gasteiger partial charge is 0 e. The molecule has 0 N–H and O–H groups in total. The van der Waals surface area contributed by atoms with Gasteiger partial charge in [-0.2, -0.15) is 0 Å². The van der Waals surface area contributed by atoms with Crippen molar-refractivity contribution in [2.45, 2.75) is 61.2 Å². The predicted molar refractivity (Wildman–Crippen MR) is 215 cm³/mol. The molecule has 7 rings (SSSR count). The Kier molecular flexibility index (Phi) is 11.3. The summed E-state index contributed by atoms with van der Waals surface area (Å²) >= 11 is -3.60. The number of nitrogens with zero attached hydrogens (tertiary/aromatic N) is 2. The van der Waals surface area contributed by atoms with E-state index in [-0.39, 0.29) is 20.1 Å². The minimum absolute atomic E-state index is 0. The van der Waals surface area contributed by atoms with Gasteiger partial charge in [0.25, 0.3) is 0 Å². The van der Waals surface area contributed by atoms with Crippen LogP contribution in [0, 0.1) is 19.1 Å². The van der Waals surface area contributed by atoms with Gasteiger partial charge in [0, 0.05) is 27.7 Å². The average molecular weight is 957 g/mol. The summed E-state index contributed by atoms with van der Waals surface area (Å²) < 4.78 is 17.8. The second-order valence-electron chi connectivity index (χ2n) is 15.1. The first-order valence-corrected chi connectivity index (χ1v) is 31.7. The Morgan fingerprint density at radius 3 is 2.10 bits per heavy atom. The zero-order chi connectivity index (χ0) is 35.8. The number of hydrogen-bond donors (Lipinski definition) is 0. The molecule has 3 nitrogen and oxygen atoms in total. The van der Waals surface area contributed by atoms with Gasteiger partial charge >= 0.3 is 262 Å². The van der Waals surface area contributed by atoms with E-state index in [1.807, 2.05) is 56.3 Å². The summed E-state index contributed by atoms with van der Waals surface area (Å²) in [6.07, 6.45) is 3.84. The summed E-state index contributed by atoms with van der Waals surface area (Å²) in [5.41, 5.74) is 9.99. The number of aromatic nitrogens is 2. The van der Waals surface area contributed by atoms with Crippen LogP contribution in [-0.2, 0) is 20.1 Å². The van der Waals surface area contributed by atoms with Crippen molar-refractivity contribution in [1.82, 2.24) is 9.97 Å². The molecule has 50 heavy (non-hydrogen) atoms. The zero-order valence-corrected chi connectivity index (χ0v) is 37.1. The van der Waals surface area contributed by atoms with Crippen molar-refractivity contribution in [1.29, 1.82) is 0 Å². The van der Waals surface area contributed by atoms with Gasteiger partial charge in [0.2, 0.25) is 0 Å². The third kappa shape index (κ3) is 8.42. The van der Waals surface area contributed by atoms with Crippen LogP contribution < -0.4 is 8.79 Å². The van der Waals surface area contributed by atoms with Gasteiger partial charge in [0.1, 0.15) is 0 Å². The molecule has 0 bridgehead atoms. The third-order valence-electron chi connectivity index (χ3n) is 9.01. The Morgan fingerprint density at radius 2 is 1.46 bits per heavy atom. The van der Waals surface area contributed by atoms with E-state index >= 15 is 0 Å². The van der Waals surface area contributed by atoms with Gasteiger partial charge in [0.05, 0.1) is 0 Å². The van der Waals surface area contributed by atoms with Crippen LogP contribution >= 0.6 is 0 Å². The number of furan rings is 1. The normalized spacial score (nSPS) is 12.2. The van der Waals surface area contributed by atoms with Gasteiger partial charge < -0.3 is 0 Å². The molecule has 6 heteroatoms. The van der Waals surface area contributed by atoms with E-state index in [0.717, 1.165) is 55.6 Å². The van der Waals surface area contributed by atoms with Crippen molar-refractivity contribution >= 4 is 57.3 Å². The molecule has 257 valence electrons. The van der Waals surface area contributed by atoms with Crippen molar-refractivity contribution in [2.75, 3.05) is 0 Å². The molecule has 7 aromatic rings. The van der Waals surface area contributed by atoms with E-state index in [1.165, 1.54) is 19.9 Å². The molecule has 0 aliphatic carbocycles. The van der Waals surface area contributed by atoms with Crippen LogP contribution in [0.3, 0.4) is 0 Å². The molecule has 0 fully saturated rings. The monoisotopic (exact) mass is 960 g/mol. The van der Waals surface area contributed by atoms with Gasteiger partial charge in [-0.3, -0.25) is 0 Å². The first kappa shape index (κ1) is 36.5. The maximum absolute atomic E-state index is 8.38. The van der Waals surface area contributed by atoms with Crippen LogP contribution in [-0.4, -0.2) is 36.5 Å². The fourth-order valence-corrected chi connectivity index (χ4v) is 12.2. The van der Waals surface area contributed by atoms with E-state index in [9.17, 15) is 0 Å². The number of hydrogen-bond acceptors (Lipinski definition) is 3. The van der Waals surface area contributed by atoms with E-state index in [4.69, 9.17) is 5.79 Å². The number of pyridine rings is 2. The standard InChI is InChI=1S/C29H28GeNO.C15H18GeN.Ir/c1-19(2)21-15-16-31-27(17-21)26-8-6-7-25-24-14-11-22(18-28(24)32-29(25)26)20-9-12-23(13-10-20)30(3,4)5;1-12-10-15(13-8-6-5-7-9-13)17-11-14(12)16(2,3)4;/h6-7,9-19H,1-5H3;5-8,10-11H,1-4H3;/q2*-1;/i19D;;. The topological polar surface area (TPSA) is 38.9 Å². The van der Waals surface area contributed by atoms with Crippen LogP contribution in [0.25, 0.3) is 55.6 Å². The fourth-order valence-electron chi connectivity index (χ4n) is 6.19. The Bertz CT molecular complexity index is 2280. The van der Waals surface area contributed by atoms with Crippen LogP contribution in [0.1, 0.15) is 32.2 Å². The van der Waals surface area contributed by atoms with E-state index in [2.05, 4.69) is 124 Å². The SMILES string of the molecule is Cc1cc(-c2[c-]cccc2)nc[c]1[Ge]([CH3])([CH3])[CH3].[2H]C(C)(C)c1ccnc(-c2[c-]ccc3c2oc2cc(-c4cc[c]([Ge]([CH3])([CH3])[CH3])cc4)ccc23)c1.[Ir]. The van der Waals surface area contributed by atoms with Gasteiger partial charge in [-0.15, -0.1) is 0 Å². The van der Waals surface area contributed by atoms with E-state index in [0.29, 0.717) is 0 Å². The van der Waals surface area contributed by atoms with Crippen molar-refractivity contribution in [3.05, 3.63) is 133 Å². The maximum atomic E-state index is 8.38. The third-order valence-corrected chi connectivity index (χ3v) is 17.8. The molecule has 0 aliphatic heterocycles. The fraction of sp³-hybridized carbons (Fsp3) is 0.227. The number of rotatable bonds is 6. The molecule has 0 spiro atoms. The van der Waals surface area contributed by atoms with Crippen LogP contribution in [0.15, 0.2) is 114 Å². The Morgan fingerprint density at radius 1 is 0.720 bits per heavy atom. The average Bonchev–Trinajstić information content (AvgIpc) is 3.46. The predicted octanol–water partition coefficient (Wildman–Crippen LogP) is 11.2. The number of benzene rings is 4. The van der Waals surface area contributed by atoms with Crippen molar-refractivity contribution in [3.63, 3.8) is 0 Å². The quantitative estimate of drug-likeness (QED) is 0.123. The minimum atomic E-state index is -1.83. The van der Waals surface area contributed by atoms with Crippen LogP contribution in [0.4, 0.5) is 0 Å². The number of aryl methyl sites for hydroxylation is 1. The first-order valence-electron chi connectivity index (χ1n) is 17.5. The van der Waals surface area contributed by atoms with Gasteiger partial charge in [0.15, 0.2) is 0 Å². The van der Waals surface area contributed by atoms with Crippen molar-refractivity contribution in [3.8, 4) is 33.6 Å². The Balaban J connectivity index is 0.000000237. The Hall–Kier alpha value is -3.28. The molecule has 1 radical (unpaired) electrons. The summed E-state index contributed by atoms with van der Waals surface area (Å²) in [4.78, 5) is 9.16. The van der Waals surface area contributed by atoms with Crippen LogP contribution in [0.2, 0.25) is 34.5 Å².